The molecule has 1 saturated heterocycles. The summed E-state index contributed by atoms with van der Waals surface area (Å²) in [5.74, 6) is 0.110. The van der Waals surface area contributed by atoms with Crippen LogP contribution >= 0.6 is 0 Å². The number of rotatable bonds is 6. The molecular weight excluding hydrogens is 370 g/mol. The normalized spacial score (nSPS) is 20.5. The van der Waals surface area contributed by atoms with Crippen LogP contribution in [0.5, 0.6) is 11.5 Å². The maximum Gasteiger partial charge on any atom is 0.238 e. The number of imide groups is 1. The standard InChI is InChI=1S/C23H21NO5/c1-28-18-6-4-5-15(13-18)21(25)14-29-17-11-9-16(10-12-17)24-22(26)19-7-2-3-8-20(19)23(24)27/h2-6,9-13,19-20H,7-8,14H2,1H3/t19-,20-/m1/s1. The van der Waals surface area contributed by atoms with E-state index in [1.54, 1.807) is 55.6 Å². The summed E-state index contributed by atoms with van der Waals surface area (Å²) in [7, 11) is 1.54. The van der Waals surface area contributed by atoms with Crippen LogP contribution in [-0.2, 0) is 9.59 Å². The number of allylic oxidation sites excluding steroid dienone is 2. The Hall–Kier alpha value is -3.41. The first-order chi connectivity index (χ1) is 14.1. The molecule has 4 rings (SSSR count). The third kappa shape index (κ3) is 3.66. The number of amides is 2. The Morgan fingerprint density at radius 3 is 2.24 bits per heavy atom. The van der Waals surface area contributed by atoms with E-state index in [9.17, 15) is 14.4 Å². The van der Waals surface area contributed by atoms with Gasteiger partial charge in [-0.25, -0.2) is 0 Å². The second-order valence-electron chi connectivity index (χ2n) is 7.11. The molecular formula is C23H21NO5. The quantitative estimate of drug-likeness (QED) is 0.429. The van der Waals surface area contributed by atoms with Crippen LogP contribution in [0.2, 0.25) is 0 Å². The minimum absolute atomic E-state index is 0.121. The first-order valence-electron chi connectivity index (χ1n) is 9.51. The van der Waals surface area contributed by atoms with Crippen LogP contribution < -0.4 is 14.4 Å². The van der Waals surface area contributed by atoms with Crippen molar-refractivity contribution in [2.45, 2.75) is 12.8 Å². The van der Waals surface area contributed by atoms with Gasteiger partial charge in [0, 0.05) is 5.56 Å². The van der Waals surface area contributed by atoms with Gasteiger partial charge in [-0.3, -0.25) is 19.3 Å². The topological polar surface area (TPSA) is 72.9 Å². The van der Waals surface area contributed by atoms with E-state index in [1.807, 2.05) is 12.2 Å². The molecule has 1 aliphatic carbocycles. The van der Waals surface area contributed by atoms with Crippen LogP contribution in [0.1, 0.15) is 23.2 Å². The molecule has 148 valence electrons. The second-order valence-corrected chi connectivity index (χ2v) is 7.11. The van der Waals surface area contributed by atoms with E-state index in [2.05, 4.69) is 0 Å². The fourth-order valence-electron chi connectivity index (χ4n) is 3.77. The van der Waals surface area contributed by atoms with Crippen LogP contribution in [0.4, 0.5) is 5.69 Å². The molecule has 0 aromatic heterocycles. The van der Waals surface area contributed by atoms with Gasteiger partial charge in [0.1, 0.15) is 11.5 Å². The minimum atomic E-state index is -0.260. The number of hydrogen-bond donors (Lipinski definition) is 0. The third-order valence-electron chi connectivity index (χ3n) is 5.36. The summed E-state index contributed by atoms with van der Waals surface area (Å²) >= 11 is 0. The van der Waals surface area contributed by atoms with Crippen molar-refractivity contribution in [3.63, 3.8) is 0 Å². The Morgan fingerprint density at radius 1 is 0.966 bits per heavy atom. The molecule has 0 radical (unpaired) electrons. The van der Waals surface area contributed by atoms with Gasteiger partial charge in [-0.2, -0.15) is 0 Å². The number of nitrogens with zero attached hydrogens (tertiary/aromatic N) is 1. The molecule has 2 aromatic carbocycles. The van der Waals surface area contributed by atoms with Gasteiger partial charge in [0.2, 0.25) is 11.8 Å². The minimum Gasteiger partial charge on any atom is -0.497 e. The van der Waals surface area contributed by atoms with E-state index in [0.29, 0.717) is 35.6 Å². The summed E-state index contributed by atoms with van der Waals surface area (Å²) in [6, 6.07) is 13.5. The number of hydrogen-bond acceptors (Lipinski definition) is 5. The number of benzene rings is 2. The molecule has 6 heteroatoms. The Kier molecular flexibility index (Phi) is 5.16. The van der Waals surface area contributed by atoms with Crippen molar-refractivity contribution in [1.29, 1.82) is 0 Å². The Labute approximate surface area is 168 Å². The summed E-state index contributed by atoms with van der Waals surface area (Å²) < 4.78 is 10.7. The van der Waals surface area contributed by atoms with Crippen LogP contribution in [0.3, 0.4) is 0 Å². The molecule has 2 atom stereocenters. The first-order valence-corrected chi connectivity index (χ1v) is 9.51. The van der Waals surface area contributed by atoms with Gasteiger partial charge in [-0.15, -0.1) is 0 Å². The Bertz CT molecular complexity index is 953. The molecule has 0 bridgehead atoms. The van der Waals surface area contributed by atoms with Crippen molar-refractivity contribution in [2.24, 2.45) is 11.8 Å². The largest absolute Gasteiger partial charge is 0.497 e. The lowest BCUT2D eigenvalue weighted by molar-refractivity contribution is -0.122. The predicted octanol–water partition coefficient (Wildman–Crippen LogP) is 3.41. The van der Waals surface area contributed by atoms with Gasteiger partial charge in [0.25, 0.3) is 0 Å². The monoisotopic (exact) mass is 391 g/mol. The molecule has 1 aliphatic heterocycles. The molecule has 0 unspecified atom stereocenters. The molecule has 6 nitrogen and oxygen atoms in total. The van der Waals surface area contributed by atoms with Gasteiger partial charge in [0.15, 0.2) is 12.4 Å². The fraction of sp³-hybridized carbons (Fsp3) is 0.261. The Balaban J connectivity index is 1.41. The molecule has 1 heterocycles. The van der Waals surface area contributed by atoms with E-state index in [4.69, 9.17) is 9.47 Å². The zero-order chi connectivity index (χ0) is 20.4. The second kappa shape index (κ2) is 7.91. The van der Waals surface area contributed by atoms with Crippen molar-refractivity contribution in [2.75, 3.05) is 18.6 Å². The number of carbonyl (C=O) groups excluding carboxylic acids is 3. The number of fused-ring (bicyclic) bond motifs is 1. The van der Waals surface area contributed by atoms with Crippen molar-refractivity contribution >= 4 is 23.3 Å². The maximum absolute atomic E-state index is 12.6. The molecule has 0 saturated carbocycles. The molecule has 2 aromatic rings. The highest BCUT2D eigenvalue weighted by Crippen LogP contribution is 2.37. The smallest absolute Gasteiger partial charge is 0.238 e. The highest BCUT2D eigenvalue weighted by Gasteiger charge is 2.47. The summed E-state index contributed by atoms with van der Waals surface area (Å²) in [5, 5.41) is 0. The maximum atomic E-state index is 12.6. The SMILES string of the molecule is COc1cccc(C(=O)COc2ccc(N3C(=O)[C@@H]4CC=CC[C@H]4C3=O)cc2)c1. The number of Topliss-reactive ketones (excluding diaryl/α,β-unsaturated/α-hetero) is 1. The van der Waals surface area contributed by atoms with Gasteiger partial charge in [0.05, 0.1) is 24.6 Å². The van der Waals surface area contributed by atoms with Gasteiger partial charge >= 0.3 is 0 Å². The van der Waals surface area contributed by atoms with Crippen molar-refractivity contribution in [1.82, 2.24) is 0 Å². The average molecular weight is 391 g/mol. The molecule has 0 N–H and O–H groups in total. The van der Waals surface area contributed by atoms with Crippen molar-refractivity contribution in [3.05, 3.63) is 66.2 Å². The van der Waals surface area contributed by atoms with Crippen LogP contribution in [0.25, 0.3) is 0 Å². The van der Waals surface area contributed by atoms with Crippen LogP contribution in [0.15, 0.2) is 60.7 Å². The first kappa shape index (κ1) is 18.9. The molecule has 2 aliphatic rings. The molecule has 0 spiro atoms. The summed E-state index contributed by atoms with van der Waals surface area (Å²) in [6.07, 6.45) is 5.15. The highest BCUT2D eigenvalue weighted by molar-refractivity contribution is 6.22. The number of ketones is 1. The van der Waals surface area contributed by atoms with Crippen molar-refractivity contribution < 1.29 is 23.9 Å². The van der Waals surface area contributed by atoms with Crippen LogP contribution in [-0.4, -0.2) is 31.3 Å². The van der Waals surface area contributed by atoms with Crippen LogP contribution in [0, 0.1) is 11.8 Å². The van der Waals surface area contributed by atoms with Gasteiger partial charge < -0.3 is 9.47 Å². The summed E-state index contributed by atoms with van der Waals surface area (Å²) in [4.78, 5) is 38.9. The number of methoxy groups -OCH3 is 1. The van der Waals surface area contributed by atoms with E-state index in [1.165, 1.54) is 4.90 Å². The lowest BCUT2D eigenvalue weighted by Gasteiger charge is -2.15. The molecule has 29 heavy (non-hydrogen) atoms. The van der Waals surface area contributed by atoms with E-state index in [-0.39, 0.29) is 36.0 Å². The summed E-state index contributed by atoms with van der Waals surface area (Å²) in [6.45, 7) is -0.121. The zero-order valence-electron chi connectivity index (χ0n) is 16.0. The summed E-state index contributed by atoms with van der Waals surface area (Å²) in [5.41, 5.74) is 1.03. The zero-order valence-corrected chi connectivity index (χ0v) is 16.0. The highest BCUT2D eigenvalue weighted by atomic mass is 16.5. The van der Waals surface area contributed by atoms with E-state index >= 15 is 0 Å². The average Bonchev–Trinajstić information content (AvgIpc) is 3.03. The molecule has 2 amide bonds. The third-order valence-corrected chi connectivity index (χ3v) is 5.36. The molecule has 1 fully saturated rings. The van der Waals surface area contributed by atoms with E-state index < -0.39 is 0 Å². The van der Waals surface area contributed by atoms with E-state index in [0.717, 1.165) is 0 Å². The van der Waals surface area contributed by atoms with Gasteiger partial charge in [-0.05, 0) is 49.2 Å². The lowest BCUT2D eigenvalue weighted by Crippen LogP contribution is -2.30. The van der Waals surface area contributed by atoms with Crippen molar-refractivity contribution in [3.8, 4) is 11.5 Å². The Morgan fingerprint density at radius 2 is 1.62 bits per heavy atom. The number of ether oxygens (including phenoxy) is 2. The lowest BCUT2D eigenvalue weighted by atomic mass is 9.85. The predicted molar refractivity (Wildman–Crippen MR) is 107 cm³/mol. The fourth-order valence-corrected chi connectivity index (χ4v) is 3.77. The number of anilines is 1. The number of carbonyl (C=O) groups is 3. The van der Waals surface area contributed by atoms with Gasteiger partial charge in [-0.1, -0.05) is 24.3 Å².